The predicted molar refractivity (Wildman–Crippen MR) is 115 cm³/mol. The summed E-state index contributed by atoms with van der Waals surface area (Å²) in [4.78, 5) is 25.5. The number of nitrogens with zero attached hydrogens (tertiary/aromatic N) is 2. The summed E-state index contributed by atoms with van der Waals surface area (Å²) in [5.41, 5.74) is 1.20. The summed E-state index contributed by atoms with van der Waals surface area (Å²) in [7, 11) is 0. The van der Waals surface area contributed by atoms with Gasteiger partial charge in [-0.15, -0.1) is 0 Å². The van der Waals surface area contributed by atoms with Gasteiger partial charge < -0.3 is 14.4 Å². The summed E-state index contributed by atoms with van der Waals surface area (Å²) in [5.74, 6) is -0.523. The Bertz CT molecular complexity index is 852. The molecule has 0 aliphatic carbocycles. The third kappa shape index (κ3) is 5.32. The fraction of sp³-hybridized carbons (Fsp3) is 0.526. The monoisotopic (exact) mass is 496 g/mol. The van der Waals surface area contributed by atoms with E-state index < -0.39 is 26.8 Å². The molecule has 1 fully saturated rings. The number of rotatable bonds is 5. The fourth-order valence-corrected chi connectivity index (χ4v) is 4.56. The van der Waals surface area contributed by atoms with Gasteiger partial charge in [-0.3, -0.25) is 14.9 Å². The highest BCUT2D eigenvalue weighted by molar-refractivity contribution is 6.68. The van der Waals surface area contributed by atoms with Crippen LogP contribution in [0.3, 0.4) is 0 Å². The largest absolute Gasteiger partial charge is 0.478 e. The molecule has 0 spiro atoms. The van der Waals surface area contributed by atoms with Crippen LogP contribution in [0.5, 0.6) is 5.75 Å². The lowest BCUT2D eigenvalue weighted by atomic mass is 9.82. The van der Waals surface area contributed by atoms with Crippen LogP contribution in [0, 0.1) is 10.1 Å². The third-order valence-electron chi connectivity index (χ3n) is 5.13. The van der Waals surface area contributed by atoms with Crippen LogP contribution in [0.1, 0.15) is 24.8 Å². The lowest BCUT2D eigenvalue weighted by Gasteiger charge is -2.39. The van der Waals surface area contributed by atoms with Gasteiger partial charge in [0.15, 0.2) is 5.78 Å². The number of benzene rings is 1. The Balaban J connectivity index is 2.08. The molecule has 1 aromatic rings. The number of fused-ring (bicyclic) bond motifs is 1. The molecule has 0 amide bonds. The van der Waals surface area contributed by atoms with Crippen molar-refractivity contribution >= 4 is 52.2 Å². The van der Waals surface area contributed by atoms with Crippen LogP contribution in [0.15, 0.2) is 30.0 Å². The summed E-state index contributed by atoms with van der Waals surface area (Å²) in [6, 6.07) is 3.47. The first-order valence-corrected chi connectivity index (χ1v) is 10.8. The van der Waals surface area contributed by atoms with Crippen LogP contribution in [0.4, 0.5) is 0 Å². The van der Waals surface area contributed by atoms with Crippen molar-refractivity contribution in [1.29, 1.82) is 0 Å². The molecule has 30 heavy (non-hydrogen) atoms. The van der Waals surface area contributed by atoms with Crippen molar-refractivity contribution in [2.75, 3.05) is 26.3 Å². The first kappa shape index (κ1) is 23.4. The average molecular weight is 498 g/mol. The minimum absolute atomic E-state index is 0.162. The topological polar surface area (TPSA) is 81.9 Å². The number of carbonyl (C=O) groups is 1. The molecule has 2 heterocycles. The van der Waals surface area contributed by atoms with Gasteiger partial charge in [-0.1, -0.05) is 46.4 Å². The van der Waals surface area contributed by atoms with Gasteiger partial charge in [0.2, 0.25) is 9.90 Å². The molecule has 11 heteroatoms. The summed E-state index contributed by atoms with van der Waals surface area (Å²) in [6.07, 6.45) is 0.352. The van der Waals surface area contributed by atoms with E-state index in [0.29, 0.717) is 48.3 Å². The molecule has 2 aliphatic heterocycles. The van der Waals surface area contributed by atoms with E-state index in [0.717, 1.165) is 0 Å². The normalized spacial score (nSPS) is 24.8. The Morgan fingerprint density at radius 1 is 1.33 bits per heavy atom. The van der Waals surface area contributed by atoms with Crippen molar-refractivity contribution in [3.05, 3.63) is 50.7 Å². The summed E-state index contributed by atoms with van der Waals surface area (Å²) in [6.45, 7) is 3.58. The maximum atomic E-state index is 12.1. The van der Waals surface area contributed by atoms with E-state index in [4.69, 9.17) is 55.9 Å². The van der Waals surface area contributed by atoms with E-state index in [1.165, 1.54) is 13.0 Å². The molecular weight excluding hydrogens is 478 g/mol. The quantitative estimate of drug-likeness (QED) is 0.259. The van der Waals surface area contributed by atoms with Gasteiger partial charge in [-0.05, 0) is 31.2 Å². The highest BCUT2D eigenvalue weighted by Crippen LogP contribution is 2.48. The van der Waals surface area contributed by atoms with Gasteiger partial charge in [0.05, 0.1) is 19.1 Å². The van der Waals surface area contributed by atoms with E-state index in [9.17, 15) is 14.9 Å². The van der Waals surface area contributed by atoms with Crippen molar-refractivity contribution in [3.63, 3.8) is 0 Å². The van der Waals surface area contributed by atoms with Gasteiger partial charge in [-0.2, -0.15) is 0 Å². The van der Waals surface area contributed by atoms with Gasteiger partial charge in [0.25, 0.3) is 6.04 Å². The van der Waals surface area contributed by atoms with Crippen LogP contribution in [-0.2, 0) is 9.53 Å². The minimum atomic E-state index is -2.03. The van der Waals surface area contributed by atoms with E-state index in [1.54, 1.807) is 18.2 Å². The molecule has 3 rings (SSSR count). The van der Waals surface area contributed by atoms with E-state index in [1.807, 2.05) is 4.90 Å². The van der Waals surface area contributed by atoms with Crippen LogP contribution in [0.2, 0.25) is 5.02 Å². The third-order valence-corrected chi connectivity index (χ3v) is 6.01. The summed E-state index contributed by atoms with van der Waals surface area (Å²) >= 11 is 24.4. The van der Waals surface area contributed by atoms with Gasteiger partial charge >= 0.3 is 0 Å². The van der Waals surface area contributed by atoms with Crippen molar-refractivity contribution in [1.82, 2.24) is 4.90 Å². The van der Waals surface area contributed by atoms with Crippen LogP contribution >= 0.6 is 46.4 Å². The zero-order chi connectivity index (χ0) is 22.1. The van der Waals surface area contributed by atoms with E-state index in [-0.39, 0.29) is 12.2 Å². The number of ketones is 1. The summed E-state index contributed by atoms with van der Waals surface area (Å²) < 4.78 is 9.10. The zero-order valence-corrected chi connectivity index (χ0v) is 19.0. The lowest BCUT2D eigenvalue weighted by molar-refractivity contribution is -0.538. The Hall–Kier alpha value is -1.25. The minimum Gasteiger partial charge on any atom is -0.478 e. The van der Waals surface area contributed by atoms with Crippen molar-refractivity contribution in [3.8, 4) is 5.75 Å². The Labute approximate surface area is 193 Å². The summed E-state index contributed by atoms with van der Waals surface area (Å²) in [5, 5.41) is 12.5. The molecule has 7 nitrogen and oxygen atoms in total. The number of ether oxygens (including phenoxy) is 2. The molecule has 1 aromatic carbocycles. The molecule has 2 aliphatic rings. The molecule has 0 bridgehead atoms. The fourth-order valence-electron chi connectivity index (χ4n) is 3.86. The Kier molecular flexibility index (Phi) is 7.40. The van der Waals surface area contributed by atoms with E-state index in [2.05, 4.69) is 0 Å². The molecule has 0 saturated carbocycles. The Morgan fingerprint density at radius 3 is 2.57 bits per heavy atom. The predicted octanol–water partition coefficient (Wildman–Crippen LogP) is 4.40. The average Bonchev–Trinajstić information content (AvgIpc) is 2.66. The molecule has 0 radical (unpaired) electrons. The van der Waals surface area contributed by atoms with Gasteiger partial charge in [0.1, 0.15) is 5.75 Å². The molecule has 164 valence electrons. The highest BCUT2D eigenvalue weighted by atomic mass is 35.6. The number of hydrogen-bond acceptors (Lipinski definition) is 6. The Morgan fingerprint density at radius 2 is 2.00 bits per heavy atom. The number of nitro groups is 1. The molecule has 3 atom stereocenters. The van der Waals surface area contributed by atoms with Crippen LogP contribution in [0.25, 0.3) is 0 Å². The van der Waals surface area contributed by atoms with Gasteiger partial charge in [-0.25, -0.2) is 0 Å². The molecule has 0 aromatic heterocycles. The van der Waals surface area contributed by atoms with Crippen LogP contribution < -0.4 is 4.74 Å². The van der Waals surface area contributed by atoms with Crippen molar-refractivity contribution in [2.45, 2.75) is 35.2 Å². The number of carbonyl (C=O) groups excluding carboxylic acids is 1. The first-order valence-electron chi connectivity index (χ1n) is 9.28. The van der Waals surface area contributed by atoms with Crippen LogP contribution in [-0.4, -0.2) is 57.8 Å². The molecule has 1 saturated heterocycles. The maximum absolute atomic E-state index is 12.1. The second kappa shape index (κ2) is 9.49. The first-order chi connectivity index (χ1) is 14.1. The molecule has 0 unspecified atom stereocenters. The van der Waals surface area contributed by atoms with Gasteiger partial charge in [0, 0.05) is 40.7 Å². The SMILES string of the molecule is CC(=O)/C=C(\C[C@@H]1c2cc(Cl)ccc2O[C@@H](C(Cl)(Cl)Cl)[C@H]1[N+](=O)[O-])N1CCOCC1. The second-order valence-corrected chi connectivity index (χ2v) is 10.00. The number of alkyl halides is 3. The highest BCUT2D eigenvalue weighted by Gasteiger charge is 2.55. The smallest absolute Gasteiger partial charge is 0.260 e. The van der Waals surface area contributed by atoms with Crippen molar-refractivity contribution in [2.24, 2.45) is 0 Å². The van der Waals surface area contributed by atoms with E-state index >= 15 is 0 Å². The zero-order valence-electron chi connectivity index (χ0n) is 16.0. The molecule has 0 N–H and O–H groups in total. The number of allylic oxidation sites excluding steroid dienone is 2. The molecular formula is C19H20Cl4N2O5. The standard InChI is InChI=1S/C19H20Cl4N2O5/c1-11(26)8-13(24-4-6-29-7-5-24)10-15-14-9-12(20)2-3-16(14)30-18(19(21,22)23)17(15)25(27)28/h2-3,8-9,15,17-18H,4-7,10H2,1H3/b13-8+/t15-,17+,18-/m1/s1. The number of halogens is 4. The maximum Gasteiger partial charge on any atom is 0.260 e. The number of morpholine rings is 1. The second-order valence-electron chi connectivity index (χ2n) is 7.19. The lowest BCUT2D eigenvalue weighted by Crippen LogP contribution is -2.52. The number of hydrogen-bond donors (Lipinski definition) is 0. The van der Waals surface area contributed by atoms with Crippen molar-refractivity contribution < 1.29 is 19.2 Å².